The van der Waals surface area contributed by atoms with Crippen LogP contribution in [0.3, 0.4) is 0 Å². The monoisotopic (exact) mass is 366 g/mol. The van der Waals surface area contributed by atoms with E-state index in [1.165, 1.54) is 18.9 Å². The van der Waals surface area contributed by atoms with Crippen LogP contribution < -0.4 is 11.1 Å². The summed E-state index contributed by atoms with van der Waals surface area (Å²) in [6.45, 7) is 1.76. The Labute approximate surface area is 158 Å². The molecule has 0 spiro atoms. The van der Waals surface area contributed by atoms with Crippen molar-refractivity contribution in [2.24, 2.45) is 0 Å². The van der Waals surface area contributed by atoms with Gasteiger partial charge in [-0.25, -0.2) is 9.97 Å². The van der Waals surface area contributed by atoms with Gasteiger partial charge in [0.25, 0.3) is 5.91 Å². The number of pyridine rings is 1. The molecule has 0 aliphatic rings. The van der Waals surface area contributed by atoms with E-state index >= 15 is 0 Å². The Morgan fingerprint density at radius 1 is 1.30 bits per heavy atom. The van der Waals surface area contributed by atoms with Crippen LogP contribution in [-0.4, -0.2) is 26.6 Å². The zero-order chi connectivity index (χ0) is 19.0. The van der Waals surface area contributed by atoms with Crippen molar-refractivity contribution in [1.29, 1.82) is 5.41 Å². The Bertz CT molecular complexity index is 1170. The maximum atomic E-state index is 12.7. The molecule has 3 aromatic heterocycles. The highest BCUT2D eigenvalue weighted by atomic mass is 16.3. The van der Waals surface area contributed by atoms with Crippen LogP contribution in [0.5, 0.6) is 0 Å². The highest BCUT2D eigenvalue weighted by Gasteiger charge is 2.15. The lowest BCUT2D eigenvalue weighted by Crippen LogP contribution is -2.15. The first-order valence-electron chi connectivity index (χ1n) is 8.16. The number of nitrogen functional groups attached to an aromatic ring is 1. The van der Waals surface area contributed by atoms with E-state index in [2.05, 4.69) is 20.3 Å². The van der Waals surface area contributed by atoms with Gasteiger partial charge < -0.3 is 20.5 Å². The van der Waals surface area contributed by atoms with E-state index in [4.69, 9.17) is 15.6 Å². The molecule has 8 heteroatoms. The highest BCUT2D eigenvalue weighted by Crippen LogP contribution is 2.22. The molecule has 8 nitrogen and oxygen atoms in total. The molecule has 4 rings (SSSR count). The second-order valence-corrected chi connectivity index (χ2v) is 6.04. The molecule has 5 N–H and O–H groups in total. The number of aromatic nitrogens is 3. The Kier molecular flexibility index (Phi) is 3.92. The number of aryl methyl sites for hydroxylation is 1. The molecule has 0 aliphatic heterocycles. The molecule has 0 fully saturated rings. The van der Waals surface area contributed by atoms with Gasteiger partial charge in [0, 0.05) is 26.8 Å². The van der Waals surface area contributed by atoms with Crippen molar-refractivity contribution < 1.29 is 13.5 Å². The number of amides is 1. The Morgan fingerprint density at radius 3 is 2.93 bits per heavy atom. The third-order valence-corrected chi connectivity index (χ3v) is 4.23. The van der Waals surface area contributed by atoms with Gasteiger partial charge in [-0.15, -0.1) is 0 Å². The molecule has 27 heavy (non-hydrogen) atoms. The average molecular weight is 366 g/mol. The third kappa shape index (κ3) is 3.04. The summed E-state index contributed by atoms with van der Waals surface area (Å²) in [5.74, 6) is -0.304. The molecule has 0 saturated carbocycles. The first kappa shape index (κ1) is 16.5. The molecular weight excluding hydrogens is 344 g/mol. The number of nitrogens with two attached hydrogens (primary N) is 1. The number of carbonyl (C=O) groups excluding carboxylic acids is 1. The largest absolute Gasteiger partial charge is 0.472 e. The number of furan rings is 1. The van der Waals surface area contributed by atoms with Crippen LogP contribution in [0.25, 0.3) is 11.2 Å². The summed E-state index contributed by atoms with van der Waals surface area (Å²) in [5, 5.41) is 11.1. The summed E-state index contributed by atoms with van der Waals surface area (Å²) in [7, 11) is 0. The fourth-order valence-electron chi connectivity index (χ4n) is 2.80. The summed E-state index contributed by atoms with van der Waals surface area (Å²) in [6.07, 6.45) is 4.50. The molecule has 0 aliphatic carbocycles. The SMILES string of the molecule is Cc1nc2nc[nH]c2cc1C(=O)Nc1ccc(N)c(C(=N)c2ccoc2)c1.[HH].[HH].[HH]. The summed E-state index contributed by atoms with van der Waals surface area (Å²) >= 11 is 0. The molecule has 3 heterocycles. The number of nitrogens with zero attached hydrogens (tertiary/aromatic N) is 2. The molecule has 0 unspecified atom stereocenters. The predicted octanol–water partition coefficient (Wildman–Crippen LogP) is 3.85. The van der Waals surface area contributed by atoms with Crippen LogP contribution in [0.2, 0.25) is 0 Å². The number of anilines is 2. The number of carbonyl (C=O) groups is 1. The topological polar surface area (TPSA) is 134 Å². The zero-order valence-corrected chi connectivity index (χ0v) is 14.4. The smallest absolute Gasteiger partial charge is 0.257 e. The molecule has 140 valence electrons. The second kappa shape index (κ2) is 6.41. The minimum Gasteiger partial charge on any atom is -0.472 e. The lowest BCUT2D eigenvalue weighted by Gasteiger charge is -2.11. The van der Waals surface area contributed by atoms with Crippen molar-refractivity contribution in [3.8, 4) is 0 Å². The maximum absolute atomic E-state index is 12.7. The van der Waals surface area contributed by atoms with Crippen LogP contribution in [0, 0.1) is 12.3 Å². The van der Waals surface area contributed by atoms with E-state index in [9.17, 15) is 4.79 Å². The molecule has 0 radical (unpaired) electrons. The van der Waals surface area contributed by atoms with Gasteiger partial charge in [-0.1, -0.05) is 0 Å². The third-order valence-electron chi connectivity index (χ3n) is 4.23. The number of hydrogen-bond acceptors (Lipinski definition) is 6. The van der Waals surface area contributed by atoms with Gasteiger partial charge in [0.1, 0.15) is 0 Å². The lowest BCUT2D eigenvalue weighted by atomic mass is 10.0. The number of hydrogen-bond donors (Lipinski definition) is 4. The minimum atomic E-state index is -0.304. The first-order chi connectivity index (χ1) is 13.0. The van der Waals surface area contributed by atoms with E-state index in [0.717, 1.165) is 0 Å². The molecular formula is C19H22N6O2. The highest BCUT2D eigenvalue weighted by molar-refractivity contribution is 6.14. The molecule has 0 bridgehead atoms. The van der Waals surface area contributed by atoms with Crippen molar-refractivity contribution in [2.45, 2.75) is 6.92 Å². The molecule has 0 saturated heterocycles. The predicted molar refractivity (Wildman–Crippen MR) is 108 cm³/mol. The van der Waals surface area contributed by atoms with Crippen molar-refractivity contribution >= 4 is 34.2 Å². The minimum absolute atomic E-state index is 0. The normalized spacial score (nSPS) is 10.9. The van der Waals surface area contributed by atoms with Crippen LogP contribution in [0.15, 0.2) is 53.6 Å². The lowest BCUT2D eigenvalue weighted by molar-refractivity contribution is 0.102. The van der Waals surface area contributed by atoms with E-state index in [0.29, 0.717) is 44.9 Å². The fourth-order valence-corrected chi connectivity index (χ4v) is 2.80. The van der Waals surface area contributed by atoms with Gasteiger partial charge in [-0.3, -0.25) is 10.2 Å². The van der Waals surface area contributed by atoms with E-state index in [-0.39, 0.29) is 15.9 Å². The zero-order valence-electron chi connectivity index (χ0n) is 14.4. The summed E-state index contributed by atoms with van der Waals surface area (Å²) in [6, 6.07) is 8.41. The summed E-state index contributed by atoms with van der Waals surface area (Å²) < 4.78 is 5.02. The average Bonchev–Trinajstić information content (AvgIpc) is 3.33. The summed E-state index contributed by atoms with van der Waals surface area (Å²) in [4.78, 5) is 24.1. The Morgan fingerprint density at radius 2 is 2.15 bits per heavy atom. The van der Waals surface area contributed by atoms with E-state index in [1.807, 2.05) is 0 Å². The van der Waals surface area contributed by atoms with Crippen molar-refractivity contribution in [1.82, 2.24) is 15.0 Å². The molecule has 1 aromatic carbocycles. The Hall–Kier alpha value is -3.94. The van der Waals surface area contributed by atoms with Crippen LogP contribution >= 0.6 is 0 Å². The van der Waals surface area contributed by atoms with Gasteiger partial charge in [-0.05, 0) is 37.3 Å². The van der Waals surface area contributed by atoms with Crippen molar-refractivity contribution in [3.63, 3.8) is 0 Å². The fraction of sp³-hybridized carbons (Fsp3) is 0.0526. The quantitative estimate of drug-likeness (QED) is 0.321. The number of aromatic amines is 1. The summed E-state index contributed by atoms with van der Waals surface area (Å²) in [5.41, 5.74) is 10.6. The number of rotatable bonds is 4. The first-order valence-corrected chi connectivity index (χ1v) is 8.16. The number of imidazole rings is 1. The van der Waals surface area contributed by atoms with E-state index < -0.39 is 0 Å². The van der Waals surface area contributed by atoms with Crippen LogP contribution in [0.1, 0.15) is 31.5 Å². The van der Waals surface area contributed by atoms with Crippen molar-refractivity contribution in [2.75, 3.05) is 11.1 Å². The molecule has 4 aromatic rings. The number of benzene rings is 1. The number of fused-ring (bicyclic) bond motifs is 1. The Balaban J connectivity index is 0.00000150. The van der Waals surface area contributed by atoms with Gasteiger partial charge in [0.2, 0.25) is 0 Å². The van der Waals surface area contributed by atoms with Crippen molar-refractivity contribution in [3.05, 3.63) is 71.6 Å². The van der Waals surface area contributed by atoms with Gasteiger partial charge in [-0.2, -0.15) is 0 Å². The van der Waals surface area contributed by atoms with Crippen LogP contribution in [-0.2, 0) is 0 Å². The van der Waals surface area contributed by atoms with Gasteiger partial charge >= 0.3 is 0 Å². The number of nitrogens with one attached hydrogen (secondary N) is 3. The standard InChI is InChI=1S/C19H16N6O2.3H2/c1-10-13(7-16-18(24-10)23-9-22-16)19(26)25-12-2-3-15(20)14(6-12)17(21)11-4-5-27-8-11;;;/h2-9,21H,20H2,1H3,(H,25,26)(H,22,23,24);3*1H. The van der Waals surface area contributed by atoms with Gasteiger partial charge in [0.15, 0.2) is 5.65 Å². The van der Waals surface area contributed by atoms with E-state index in [1.54, 1.807) is 37.3 Å². The second-order valence-electron chi connectivity index (χ2n) is 6.04. The molecule has 1 amide bonds. The molecule has 0 atom stereocenters. The van der Waals surface area contributed by atoms with Crippen LogP contribution in [0.4, 0.5) is 11.4 Å². The van der Waals surface area contributed by atoms with Gasteiger partial charge in [0.05, 0.1) is 41.3 Å². The maximum Gasteiger partial charge on any atom is 0.257 e. The number of H-pyrrole nitrogens is 1.